The number of hydrogen-bond donors (Lipinski definition) is 1. The van der Waals surface area contributed by atoms with Crippen LogP contribution >= 0.6 is 28.3 Å². The monoisotopic (exact) mass is 386 g/mol. The summed E-state index contributed by atoms with van der Waals surface area (Å²) in [6, 6.07) is 4.44. The minimum absolute atomic E-state index is 0. The van der Waals surface area contributed by atoms with Gasteiger partial charge in [0.1, 0.15) is 0 Å². The predicted molar refractivity (Wildman–Crippen MR) is 83.4 cm³/mol. The maximum atomic E-state index is 13.0. The summed E-state index contributed by atoms with van der Waals surface area (Å²) >= 11 is 3.10. The summed E-state index contributed by atoms with van der Waals surface area (Å²) in [6.07, 6.45) is -3.37. The number of nitrogens with zero attached hydrogens (tertiary/aromatic N) is 1. The quantitative estimate of drug-likeness (QED) is 0.847. The molecule has 120 valence electrons. The van der Waals surface area contributed by atoms with Gasteiger partial charge in [0.25, 0.3) is 0 Å². The van der Waals surface area contributed by atoms with E-state index in [1.165, 1.54) is 0 Å². The van der Waals surface area contributed by atoms with Gasteiger partial charge in [-0.1, -0.05) is 22.0 Å². The molecule has 1 aliphatic heterocycles. The molecule has 0 radical (unpaired) electrons. The maximum Gasteiger partial charge on any atom is 0.416 e. The molecule has 1 aliphatic rings. The lowest BCUT2D eigenvalue weighted by Crippen LogP contribution is -2.30. The average molecular weight is 388 g/mol. The van der Waals surface area contributed by atoms with Crippen LogP contribution in [0.1, 0.15) is 24.5 Å². The first kappa shape index (κ1) is 18.7. The highest BCUT2D eigenvalue weighted by Crippen LogP contribution is 2.35. The molecule has 21 heavy (non-hydrogen) atoms. The molecule has 2 N–H and O–H groups in total. The molecule has 0 saturated carbocycles. The third-order valence-electron chi connectivity index (χ3n) is 3.82. The minimum atomic E-state index is -4.32. The molecule has 1 fully saturated rings. The Morgan fingerprint density at radius 2 is 2.10 bits per heavy atom. The number of benzene rings is 1. The summed E-state index contributed by atoms with van der Waals surface area (Å²) in [6.45, 7) is 3.85. The van der Waals surface area contributed by atoms with Crippen LogP contribution < -0.4 is 5.73 Å². The zero-order valence-corrected chi connectivity index (χ0v) is 14.1. The molecule has 0 aliphatic carbocycles. The van der Waals surface area contributed by atoms with Crippen molar-refractivity contribution in [2.75, 3.05) is 13.1 Å². The van der Waals surface area contributed by atoms with Gasteiger partial charge in [-0.2, -0.15) is 13.2 Å². The highest BCUT2D eigenvalue weighted by atomic mass is 79.9. The van der Waals surface area contributed by atoms with Crippen molar-refractivity contribution in [2.45, 2.75) is 32.1 Å². The van der Waals surface area contributed by atoms with Crippen molar-refractivity contribution < 1.29 is 13.2 Å². The third kappa shape index (κ3) is 4.84. The summed E-state index contributed by atoms with van der Waals surface area (Å²) in [4.78, 5) is 2.05. The van der Waals surface area contributed by atoms with Gasteiger partial charge in [-0.3, -0.25) is 4.90 Å². The van der Waals surface area contributed by atoms with Crippen LogP contribution in [0.3, 0.4) is 0 Å². The van der Waals surface area contributed by atoms with Crippen molar-refractivity contribution in [3.8, 4) is 0 Å². The van der Waals surface area contributed by atoms with E-state index in [1.54, 1.807) is 12.1 Å². The molecule has 1 aromatic carbocycles. The molecular formula is C14H19BrClF3N2. The van der Waals surface area contributed by atoms with E-state index in [0.29, 0.717) is 22.5 Å². The first-order valence-corrected chi connectivity index (χ1v) is 7.40. The molecule has 1 heterocycles. The zero-order chi connectivity index (χ0) is 14.9. The summed E-state index contributed by atoms with van der Waals surface area (Å²) in [7, 11) is 0. The Hall–Kier alpha value is -0.300. The Labute approximate surface area is 137 Å². The maximum absolute atomic E-state index is 13.0. The molecule has 1 saturated heterocycles. The number of alkyl halides is 3. The molecule has 1 aromatic rings. The Bertz CT molecular complexity index is 480. The summed E-state index contributed by atoms with van der Waals surface area (Å²) in [5.74, 6) is 0.375. The van der Waals surface area contributed by atoms with Crippen molar-refractivity contribution in [1.29, 1.82) is 0 Å². The Balaban J connectivity index is 0.00000220. The van der Waals surface area contributed by atoms with Crippen molar-refractivity contribution in [1.82, 2.24) is 4.90 Å². The summed E-state index contributed by atoms with van der Waals surface area (Å²) < 4.78 is 39.6. The largest absolute Gasteiger partial charge is 0.416 e. The van der Waals surface area contributed by atoms with E-state index in [0.717, 1.165) is 25.6 Å². The van der Waals surface area contributed by atoms with Gasteiger partial charge in [0, 0.05) is 23.6 Å². The van der Waals surface area contributed by atoms with Crippen molar-refractivity contribution in [3.63, 3.8) is 0 Å². The van der Waals surface area contributed by atoms with Crippen molar-refractivity contribution in [3.05, 3.63) is 33.8 Å². The number of nitrogens with two attached hydrogens (primary N) is 1. The third-order valence-corrected chi connectivity index (χ3v) is 4.32. The Morgan fingerprint density at radius 3 is 2.62 bits per heavy atom. The fourth-order valence-corrected chi connectivity index (χ4v) is 2.99. The SMILES string of the molecule is CC(N)C1CCN(Cc2ccc(Br)cc2C(F)(F)F)C1.Cl. The second kappa shape index (κ2) is 7.31. The first-order chi connectivity index (χ1) is 9.27. The van der Waals surface area contributed by atoms with Gasteiger partial charge < -0.3 is 5.73 Å². The molecular weight excluding hydrogens is 369 g/mol. The number of rotatable bonds is 3. The number of hydrogen-bond acceptors (Lipinski definition) is 2. The van der Waals surface area contributed by atoms with Crippen LogP contribution in [0.15, 0.2) is 22.7 Å². The smallest absolute Gasteiger partial charge is 0.328 e. The van der Waals surface area contributed by atoms with Crippen LogP contribution in [0, 0.1) is 5.92 Å². The second-order valence-electron chi connectivity index (χ2n) is 5.44. The van der Waals surface area contributed by atoms with Gasteiger partial charge in [-0.15, -0.1) is 12.4 Å². The molecule has 0 bridgehead atoms. The zero-order valence-electron chi connectivity index (χ0n) is 11.7. The predicted octanol–water partition coefficient (Wildman–Crippen LogP) is 4.06. The van der Waals surface area contributed by atoms with Crippen molar-refractivity contribution >= 4 is 28.3 Å². The van der Waals surface area contributed by atoms with Gasteiger partial charge >= 0.3 is 6.18 Å². The highest BCUT2D eigenvalue weighted by molar-refractivity contribution is 9.10. The lowest BCUT2D eigenvalue weighted by molar-refractivity contribution is -0.138. The van der Waals surface area contributed by atoms with E-state index >= 15 is 0 Å². The second-order valence-corrected chi connectivity index (χ2v) is 6.36. The average Bonchev–Trinajstić information content (AvgIpc) is 2.79. The molecule has 0 aromatic heterocycles. The van der Waals surface area contributed by atoms with Gasteiger partial charge in [-0.05, 0) is 43.5 Å². The topological polar surface area (TPSA) is 29.3 Å². The molecule has 2 nitrogen and oxygen atoms in total. The summed E-state index contributed by atoms with van der Waals surface area (Å²) in [5, 5.41) is 0. The van der Waals surface area contributed by atoms with Crippen LogP contribution in [-0.2, 0) is 12.7 Å². The molecule has 7 heteroatoms. The van der Waals surface area contributed by atoms with Crippen LogP contribution in [-0.4, -0.2) is 24.0 Å². The number of halogens is 5. The van der Waals surface area contributed by atoms with Gasteiger partial charge in [-0.25, -0.2) is 0 Å². The fraction of sp³-hybridized carbons (Fsp3) is 0.571. The van der Waals surface area contributed by atoms with Crippen molar-refractivity contribution in [2.24, 2.45) is 11.7 Å². The summed E-state index contributed by atoms with van der Waals surface area (Å²) in [5.41, 5.74) is 5.63. The Kier molecular flexibility index (Phi) is 6.53. The molecule has 2 unspecified atom stereocenters. The van der Waals surface area contributed by atoms with Crippen LogP contribution in [0.25, 0.3) is 0 Å². The fourth-order valence-electron chi connectivity index (χ4n) is 2.63. The van der Waals surface area contributed by atoms with E-state index in [-0.39, 0.29) is 18.4 Å². The standard InChI is InChI=1S/C14H18BrF3N2.ClH/c1-9(19)10-4-5-20(7-10)8-11-2-3-12(15)6-13(11)14(16,17)18;/h2-3,6,9-10H,4-5,7-8,19H2,1H3;1H. The molecule has 2 atom stereocenters. The van der Waals surface area contributed by atoms with Crippen LogP contribution in [0.4, 0.5) is 13.2 Å². The van der Waals surface area contributed by atoms with E-state index in [4.69, 9.17) is 5.73 Å². The number of likely N-dealkylation sites (tertiary alicyclic amines) is 1. The van der Waals surface area contributed by atoms with Crippen LogP contribution in [0.5, 0.6) is 0 Å². The van der Waals surface area contributed by atoms with E-state index in [2.05, 4.69) is 15.9 Å². The molecule has 0 amide bonds. The molecule has 2 rings (SSSR count). The van der Waals surface area contributed by atoms with Gasteiger partial charge in [0.15, 0.2) is 0 Å². The lowest BCUT2D eigenvalue weighted by Gasteiger charge is -2.20. The van der Waals surface area contributed by atoms with Crippen LogP contribution in [0.2, 0.25) is 0 Å². The first-order valence-electron chi connectivity index (χ1n) is 6.61. The Morgan fingerprint density at radius 1 is 1.43 bits per heavy atom. The highest BCUT2D eigenvalue weighted by Gasteiger charge is 2.34. The minimum Gasteiger partial charge on any atom is -0.328 e. The van der Waals surface area contributed by atoms with Gasteiger partial charge in [0.05, 0.1) is 5.56 Å². The van der Waals surface area contributed by atoms with Gasteiger partial charge in [0.2, 0.25) is 0 Å². The normalized spacial score (nSPS) is 21.1. The molecule has 0 spiro atoms. The van der Waals surface area contributed by atoms with E-state index < -0.39 is 11.7 Å². The van der Waals surface area contributed by atoms with E-state index in [1.807, 2.05) is 11.8 Å². The van der Waals surface area contributed by atoms with E-state index in [9.17, 15) is 13.2 Å². The lowest BCUT2D eigenvalue weighted by atomic mass is 10.0.